The second kappa shape index (κ2) is 5.85. The Kier molecular flexibility index (Phi) is 4.18. The van der Waals surface area contributed by atoms with Crippen LogP contribution < -0.4 is 4.74 Å². The van der Waals surface area contributed by atoms with Gasteiger partial charge in [-0.25, -0.2) is 0 Å². The Morgan fingerprint density at radius 1 is 1.28 bits per heavy atom. The van der Waals surface area contributed by atoms with Crippen molar-refractivity contribution < 1.29 is 9.84 Å². The molecular formula is C14H14ClNO2. The molecule has 18 heavy (non-hydrogen) atoms. The fraction of sp³-hybridized carbons (Fsp3) is 0.214. The number of nitrogens with zero attached hydrogens (tertiary/aromatic N) is 1. The molecule has 3 nitrogen and oxygen atoms in total. The van der Waals surface area contributed by atoms with Gasteiger partial charge in [-0.15, -0.1) is 0 Å². The van der Waals surface area contributed by atoms with Crippen molar-refractivity contribution in [1.29, 1.82) is 0 Å². The van der Waals surface area contributed by atoms with Gasteiger partial charge in [0.2, 0.25) is 0 Å². The van der Waals surface area contributed by atoms with E-state index in [0.29, 0.717) is 17.2 Å². The molecule has 0 spiro atoms. The minimum Gasteiger partial charge on any atom is -0.495 e. The molecule has 0 bridgehead atoms. The molecule has 0 radical (unpaired) electrons. The van der Waals surface area contributed by atoms with Gasteiger partial charge < -0.3 is 9.84 Å². The molecule has 4 heteroatoms. The predicted octanol–water partition coefficient (Wildman–Crippen LogP) is 3.02. The number of hydrogen-bond donors (Lipinski definition) is 1. The van der Waals surface area contributed by atoms with Gasteiger partial charge in [0, 0.05) is 18.8 Å². The van der Waals surface area contributed by atoms with E-state index in [4.69, 9.17) is 16.3 Å². The van der Waals surface area contributed by atoms with Crippen molar-refractivity contribution in [1.82, 2.24) is 4.98 Å². The third-order valence-electron chi connectivity index (χ3n) is 2.74. The first kappa shape index (κ1) is 12.9. The predicted molar refractivity (Wildman–Crippen MR) is 70.9 cm³/mol. The number of benzene rings is 1. The maximum absolute atomic E-state index is 10.2. The van der Waals surface area contributed by atoms with E-state index in [1.807, 2.05) is 12.1 Å². The third-order valence-corrected chi connectivity index (χ3v) is 3.05. The van der Waals surface area contributed by atoms with E-state index in [1.54, 1.807) is 37.7 Å². The Balaban J connectivity index is 2.16. The van der Waals surface area contributed by atoms with Crippen LogP contribution >= 0.6 is 11.6 Å². The van der Waals surface area contributed by atoms with Gasteiger partial charge in [0.15, 0.2) is 0 Å². The number of pyridine rings is 1. The Labute approximate surface area is 111 Å². The van der Waals surface area contributed by atoms with E-state index in [0.717, 1.165) is 11.1 Å². The maximum Gasteiger partial charge on any atom is 0.137 e. The average Bonchev–Trinajstić information content (AvgIpc) is 2.40. The van der Waals surface area contributed by atoms with Crippen molar-refractivity contribution in [2.24, 2.45) is 0 Å². The molecule has 0 fully saturated rings. The molecule has 2 aromatic rings. The highest BCUT2D eigenvalue weighted by molar-refractivity contribution is 6.32. The van der Waals surface area contributed by atoms with Crippen molar-refractivity contribution in [2.45, 2.75) is 12.5 Å². The van der Waals surface area contributed by atoms with Crippen LogP contribution in [0.3, 0.4) is 0 Å². The van der Waals surface area contributed by atoms with Gasteiger partial charge in [0.1, 0.15) is 5.75 Å². The van der Waals surface area contributed by atoms with Crippen LogP contribution in [0, 0.1) is 0 Å². The zero-order valence-electron chi connectivity index (χ0n) is 10.0. The highest BCUT2D eigenvalue weighted by Gasteiger charge is 2.11. The number of halogens is 1. The summed E-state index contributed by atoms with van der Waals surface area (Å²) in [6, 6.07) is 9.06. The summed E-state index contributed by atoms with van der Waals surface area (Å²) < 4.78 is 5.13. The molecule has 2 rings (SSSR count). The SMILES string of the molecule is COc1cc(C(O)Cc2ccncc2)ccc1Cl. The van der Waals surface area contributed by atoms with Gasteiger partial charge in [-0.2, -0.15) is 0 Å². The van der Waals surface area contributed by atoms with Crippen LogP contribution in [-0.4, -0.2) is 17.2 Å². The molecule has 0 saturated heterocycles. The van der Waals surface area contributed by atoms with Gasteiger partial charge in [-0.1, -0.05) is 17.7 Å². The van der Waals surface area contributed by atoms with Crippen LogP contribution in [0.2, 0.25) is 5.02 Å². The quantitative estimate of drug-likeness (QED) is 0.922. The second-order valence-electron chi connectivity index (χ2n) is 3.97. The number of rotatable bonds is 4. The molecule has 0 amide bonds. The van der Waals surface area contributed by atoms with Crippen LogP contribution in [0.4, 0.5) is 0 Å². The Bertz CT molecular complexity index is 516. The molecule has 1 N–H and O–H groups in total. The van der Waals surface area contributed by atoms with Gasteiger partial charge in [0.05, 0.1) is 18.2 Å². The summed E-state index contributed by atoms with van der Waals surface area (Å²) in [5, 5.41) is 10.7. The topological polar surface area (TPSA) is 42.4 Å². The average molecular weight is 264 g/mol. The number of aliphatic hydroxyl groups is 1. The van der Waals surface area contributed by atoms with Crippen molar-refractivity contribution in [2.75, 3.05) is 7.11 Å². The Hall–Kier alpha value is -1.58. The fourth-order valence-electron chi connectivity index (χ4n) is 1.74. The molecule has 1 atom stereocenters. The van der Waals surface area contributed by atoms with E-state index < -0.39 is 6.10 Å². The zero-order valence-corrected chi connectivity index (χ0v) is 10.8. The summed E-state index contributed by atoms with van der Waals surface area (Å²) in [5.74, 6) is 0.572. The van der Waals surface area contributed by atoms with Crippen molar-refractivity contribution in [3.63, 3.8) is 0 Å². The molecule has 1 unspecified atom stereocenters. The normalized spacial score (nSPS) is 12.2. The third kappa shape index (κ3) is 3.00. The number of aliphatic hydroxyl groups excluding tert-OH is 1. The van der Waals surface area contributed by atoms with E-state index in [2.05, 4.69) is 4.98 Å². The number of ether oxygens (including phenoxy) is 1. The summed E-state index contributed by atoms with van der Waals surface area (Å²) in [6.07, 6.45) is 3.38. The largest absolute Gasteiger partial charge is 0.495 e. The smallest absolute Gasteiger partial charge is 0.137 e. The van der Waals surface area contributed by atoms with Gasteiger partial charge in [0.25, 0.3) is 0 Å². The minimum absolute atomic E-state index is 0.535. The molecule has 0 aliphatic carbocycles. The number of aromatic nitrogens is 1. The molecule has 0 saturated carbocycles. The molecule has 94 valence electrons. The molecular weight excluding hydrogens is 250 g/mol. The Morgan fingerprint density at radius 2 is 2.00 bits per heavy atom. The number of hydrogen-bond acceptors (Lipinski definition) is 3. The van der Waals surface area contributed by atoms with Gasteiger partial charge in [-0.3, -0.25) is 4.98 Å². The van der Waals surface area contributed by atoms with E-state index >= 15 is 0 Å². The van der Waals surface area contributed by atoms with Crippen molar-refractivity contribution in [3.05, 3.63) is 58.9 Å². The molecule has 0 aliphatic heterocycles. The first-order valence-corrected chi connectivity index (χ1v) is 5.99. The monoisotopic (exact) mass is 263 g/mol. The van der Waals surface area contributed by atoms with E-state index in [9.17, 15) is 5.11 Å². The lowest BCUT2D eigenvalue weighted by Gasteiger charge is -2.13. The summed E-state index contributed by atoms with van der Waals surface area (Å²) in [6.45, 7) is 0. The van der Waals surface area contributed by atoms with Gasteiger partial charge in [-0.05, 0) is 35.4 Å². The van der Waals surface area contributed by atoms with Crippen molar-refractivity contribution in [3.8, 4) is 5.75 Å². The summed E-state index contributed by atoms with van der Waals surface area (Å²) in [4.78, 5) is 3.95. The van der Waals surface area contributed by atoms with Crippen LogP contribution in [0.5, 0.6) is 5.75 Å². The van der Waals surface area contributed by atoms with Crippen LogP contribution in [0.15, 0.2) is 42.7 Å². The van der Waals surface area contributed by atoms with E-state index in [1.165, 1.54) is 0 Å². The molecule has 1 aromatic carbocycles. The second-order valence-corrected chi connectivity index (χ2v) is 4.38. The van der Waals surface area contributed by atoms with Gasteiger partial charge >= 0.3 is 0 Å². The first-order chi connectivity index (χ1) is 8.70. The molecule has 1 heterocycles. The first-order valence-electron chi connectivity index (χ1n) is 5.61. The lowest BCUT2D eigenvalue weighted by molar-refractivity contribution is 0.178. The van der Waals surface area contributed by atoms with Crippen LogP contribution in [0.1, 0.15) is 17.2 Å². The van der Waals surface area contributed by atoms with Crippen LogP contribution in [0.25, 0.3) is 0 Å². The Morgan fingerprint density at radius 3 is 2.67 bits per heavy atom. The van der Waals surface area contributed by atoms with E-state index in [-0.39, 0.29) is 0 Å². The maximum atomic E-state index is 10.2. The minimum atomic E-state index is -0.585. The fourth-order valence-corrected chi connectivity index (χ4v) is 1.94. The summed E-state index contributed by atoms with van der Waals surface area (Å²) >= 11 is 5.95. The molecule has 0 aliphatic rings. The van der Waals surface area contributed by atoms with Crippen molar-refractivity contribution >= 4 is 11.6 Å². The molecule has 1 aromatic heterocycles. The highest BCUT2D eigenvalue weighted by Crippen LogP contribution is 2.28. The summed E-state index contributed by atoms with van der Waals surface area (Å²) in [5.41, 5.74) is 1.82. The van der Waals surface area contributed by atoms with Crippen LogP contribution in [-0.2, 0) is 6.42 Å². The lowest BCUT2D eigenvalue weighted by atomic mass is 10.0. The number of methoxy groups -OCH3 is 1. The lowest BCUT2D eigenvalue weighted by Crippen LogP contribution is -2.02. The highest BCUT2D eigenvalue weighted by atomic mass is 35.5. The zero-order chi connectivity index (χ0) is 13.0. The summed E-state index contributed by atoms with van der Waals surface area (Å²) in [7, 11) is 1.56. The standard InChI is InChI=1S/C14H14ClNO2/c1-18-14-9-11(2-3-12(14)15)13(17)8-10-4-6-16-7-5-10/h2-7,9,13,17H,8H2,1H3.